The molecule has 2 N–H and O–H groups in total. The number of carbonyl (C=O) groups excluding carboxylic acids is 2. The molecule has 0 saturated carbocycles. The summed E-state index contributed by atoms with van der Waals surface area (Å²) in [7, 11) is 1.61. The number of hydrogen-bond donors (Lipinski definition) is 1. The van der Waals surface area contributed by atoms with Crippen molar-refractivity contribution in [3.8, 4) is 0 Å². The normalized spacial score (nSPS) is 13.0. The summed E-state index contributed by atoms with van der Waals surface area (Å²) in [4.78, 5) is 31.3. The summed E-state index contributed by atoms with van der Waals surface area (Å²) in [6.07, 6.45) is 0.693. The number of allylic oxidation sites excluding steroid dienone is 2. The van der Waals surface area contributed by atoms with Gasteiger partial charge in [0.05, 0.1) is 5.56 Å². The van der Waals surface area contributed by atoms with Gasteiger partial charge in [-0.1, -0.05) is 32.1 Å². The van der Waals surface area contributed by atoms with Crippen molar-refractivity contribution >= 4 is 23.3 Å². The van der Waals surface area contributed by atoms with Crippen molar-refractivity contribution in [3.63, 3.8) is 0 Å². The van der Waals surface area contributed by atoms with Crippen LogP contribution in [0, 0.1) is 5.92 Å². The molecule has 182 valence electrons. The number of aliphatic imine (C=N–C) groups is 1. The Morgan fingerprint density at radius 3 is 2.33 bits per heavy atom. The molecule has 0 heterocycles. The first kappa shape index (κ1) is 27.9. The van der Waals surface area contributed by atoms with Gasteiger partial charge >= 0.3 is 6.18 Å². The largest absolute Gasteiger partial charge is 0.418 e. The van der Waals surface area contributed by atoms with Crippen molar-refractivity contribution in [2.24, 2.45) is 16.6 Å². The number of amidine groups is 1. The van der Waals surface area contributed by atoms with Gasteiger partial charge in [-0.3, -0.25) is 9.59 Å². The molecule has 0 atom stereocenters. The molecule has 0 spiro atoms. The highest BCUT2D eigenvalue weighted by atomic mass is 19.4. The first-order valence-corrected chi connectivity index (χ1v) is 10.7. The van der Waals surface area contributed by atoms with Crippen LogP contribution in [0.25, 0.3) is 0 Å². The highest BCUT2D eigenvalue weighted by Gasteiger charge is 2.35. The van der Waals surface area contributed by atoms with Crippen LogP contribution in [0.15, 0.2) is 47.0 Å². The summed E-state index contributed by atoms with van der Waals surface area (Å²) in [5, 5.41) is 0. The maximum Gasteiger partial charge on any atom is 0.418 e. The molecule has 0 unspecified atom stereocenters. The standard InChI is InChI=1S/C24H33F3N4O2/c1-7-18(10-9-16(3)4)23(33)30(6)13-14-31(8-2)21-12-11-19(22(32)29-17(5)28)15-20(21)24(25,26)27/h7,9-12,15-16H,8,13-14H2,1-6H3,(H2,28,29,32)/b10-9-,18-7+. The number of benzene rings is 1. The first-order valence-electron chi connectivity index (χ1n) is 10.7. The van der Waals surface area contributed by atoms with Crippen LogP contribution >= 0.6 is 0 Å². The molecule has 0 aliphatic heterocycles. The lowest BCUT2D eigenvalue weighted by Gasteiger charge is -2.29. The zero-order valence-corrected chi connectivity index (χ0v) is 20.0. The van der Waals surface area contributed by atoms with Crippen molar-refractivity contribution < 1.29 is 22.8 Å². The Balaban J connectivity index is 3.14. The summed E-state index contributed by atoms with van der Waals surface area (Å²) in [6.45, 7) is 9.54. The number of likely N-dealkylation sites (N-methyl/N-ethyl adjacent to an activating group) is 2. The molecule has 0 radical (unpaired) electrons. The summed E-state index contributed by atoms with van der Waals surface area (Å²) < 4.78 is 41.4. The Morgan fingerprint density at radius 2 is 1.85 bits per heavy atom. The molecule has 33 heavy (non-hydrogen) atoms. The highest BCUT2D eigenvalue weighted by molar-refractivity contribution is 6.02. The van der Waals surface area contributed by atoms with Crippen molar-refractivity contribution in [3.05, 3.63) is 53.1 Å². The van der Waals surface area contributed by atoms with Gasteiger partial charge in [-0.25, -0.2) is 0 Å². The number of carbonyl (C=O) groups is 2. The van der Waals surface area contributed by atoms with Gasteiger partial charge in [0.15, 0.2) is 0 Å². The number of rotatable bonds is 9. The average molecular weight is 467 g/mol. The van der Waals surface area contributed by atoms with E-state index in [0.717, 1.165) is 6.07 Å². The monoisotopic (exact) mass is 466 g/mol. The molecule has 0 fully saturated rings. The van der Waals surface area contributed by atoms with E-state index in [1.54, 1.807) is 33.0 Å². The first-order chi connectivity index (χ1) is 15.3. The maximum absolute atomic E-state index is 13.8. The summed E-state index contributed by atoms with van der Waals surface area (Å²) in [5.74, 6) is -0.806. The van der Waals surface area contributed by atoms with Crippen molar-refractivity contribution in [1.82, 2.24) is 4.90 Å². The SMILES string of the molecule is C/C=C(\C=C/C(C)C)C(=O)N(C)CCN(CC)c1ccc(C(=O)N=C(C)N)cc1C(F)(F)F. The molecule has 9 heteroatoms. The molecule has 1 aromatic rings. The molecule has 6 nitrogen and oxygen atoms in total. The van der Waals surface area contributed by atoms with Crippen molar-refractivity contribution in [1.29, 1.82) is 0 Å². The second-order valence-electron chi connectivity index (χ2n) is 7.94. The smallest absolute Gasteiger partial charge is 0.387 e. The summed E-state index contributed by atoms with van der Waals surface area (Å²) in [6, 6.07) is 3.34. The Hall–Kier alpha value is -3.10. The van der Waals surface area contributed by atoms with Crippen LogP contribution in [0.4, 0.5) is 18.9 Å². The molecule has 1 aromatic carbocycles. The van der Waals surface area contributed by atoms with E-state index in [0.29, 0.717) is 5.57 Å². The fourth-order valence-corrected chi connectivity index (χ4v) is 3.03. The van der Waals surface area contributed by atoms with Crippen LogP contribution in [0.3, 0.4) is 0 Å². The Kier molecular flexibility index (Phi) is 10.3. The van der Waals surface area contributed by atoms with Crippen LogP contribution in [-0.4, -0.2) is 49.2 Å². The Bertz CT molecular complexity index is 930. The Labute approximate surface area is 193 Å². The minimum atomic E-state index is -4.68. The second kappa shape index (κ2) is 12.2. The van der Waals surface area contributed by atoms with E-state index < -0.39 is 17.6 Å². The predicted octanol–water partition coefficient (Wildman–Crippen LogP) is 4.67. The maximum atomic E-state index is 13.8. The van der Waals surface area contributed by atoms with Crippen LogP contribution in [0.5, 0.6) is 0 Å². The summed E-state index contributed by atoms with van der Waals surface area (Å²) in [5.41, 5.74) is 4.68. The van der Waals surface area contributed by atoms with E-state index in [1.807, 2.05) is 19.9 Å². The molecular formula is C24H33F3N4O2. The fraction of sp³-hybridized carbons (Fsp3) is 0.458. The molecule has 0 bridgehead atoms. The van der Waals surface area contributed by atoms with Gasteiger partial charge in [-0.2, -0.15) is 18.2 Å². The van der Waals surface area contributed by atoms with Gasteiger partial charge in [0.25, 0.3) is 11.8 Å². The second-order valence-corrected chi connectivity index (χ2v) is 7.94. The van der Waals surface area contributed by atoms with E-state index in [2.05, 4.69) is 4.99 Å². The predicted molar refractivity (Wildman–Crippen MR) is 126 cm³/mol. The van der Waals surface area contributed by atoms with Gasteiger partial charge in [0.2, 0.25) is 0 Å². The van der Waals surface area contributed by atoms with E-state index in [9.17, 15) is 22.8 Å². The molecule has 0 aliphatic carbocycles. The number of hydrogen-bond acceptors (Lipinski definition) is 3. The average Bonchev–Trinajstić information content (AvgIpc) is 2.72. The fourth-order valence-electron chi connectivity index (χ4n) is 3.03. The van der Waals surface area contributed by atoms with Crippen molar-refractivity contribution in [2.45, 2.75) is 40.8 Å². The van der Waals surface area contributed by atoms with E-state index in [-0.39, 0.29) is 48.5 Å². The van der Waals surface area contributed by atoms with Crippen LogP contribution in [-0.2, 0) is 11.0 Å². The molecule has 0 aliphatic rings. The quantitative estimate of drug-likeness (QED) is 0.248. The van der Waals surface area contributed by atoms with Gasteiger partial charge in [-0.15, -0.1) is 0 Å². The number of anilines is 1. The van der Waals surface area contributed by atoms with Crippen LogP contribution < -0.4 is 10.6 Å². The minimum Gasteiger partial charge on any atom is -0.387 e. The third-order valence-electron chi connectivity index (χ3n) is 4.82. The topological polar surface area (TPSA) is 79.0 Å². The number of nitrogens with zero attached hydrogens (tertiary/aromatic N) is 3. The lowest BCUT2D eigenvalue weighted by molar-refractivity contribution is -0.137. The van der Waals surface area contributed by atoms with Gasteiger partial charge in [0.1, 0.15) is 5.84 Å². The zero-order valence-electron chi connectivity index (χ0n) is 20.0. The summed E-state index contributed by atoms with van der Waals surface area (Å²) >= 11 is 0. The lowest BCUT2D eigenvalue weighted by Crippen LogP contribution is -2.37. The molecule has 2 amide bonds. The van der Waals surface area contributed by atoms with E-state index in [4.69, 9.17) is 5.73 Å². The number of nitrogens with two attached hydrogens (primary N) is 1. The molecule has 0 saturated heterocycles. The van der Waals surface area contributed by atoms with E-state index in [1.165, 1.54) is 28.9 Å². The van der Waals surface area contributed by atoms with Gasteiger partial charge in [-0.05, 0) is 44.9 Å². The number of halogens is 3. The number of alkyl halides is 3. The molecule has 1 rings (SSSR count). The lowest BCUT2D eigenvalue weighted by atomic mass is 10.1. The Morgan fingerprint density at radius 1 is 1.21 bits per heavy atom. The minimum absolute atomic E-state index is 0.0377. The molecule has 0 aromatic heterocycles. The third kappa shape index (κ3) is 8.40. The van der Waals surface area contributed by atoms with Crippen molar-refractivity contribution in [2.75, 3.05) is 31.6 Å². The molecular weight excluding hydrogens is 433 g/mol. The van der Waals surface area contributed by atoms with Crippen LogP contribution in [0.1, 0.15) is 50.5 Å². The van der Waals surface area contributed by atoms with Crippen LogP contribution in [0.2, 0.25) is 0 Å². The zero-order chi connectivity index (χ0) is 25.3. The highest BCUT2D eigenvalue weighted by Crippen LogP contribution is 2.37. The third-order valence-corrected chi connectivity index (χ3v) is 4.82. The van der Waals surface area contributed by atoms with E-state index >= 15 is 0 Å². The van der Waals surface area contributed by atoms with Gasteiger partial charge < -0.3 is 15.5 Å². The number of amides is 2. The van der Waals surface area contributed by atoms with Gasteiger partial charge in [0, 0.05) is 43.5 Å².